The van der Waals surface area contributed by atoms with Gasteiger partial charge in [0.05, 0.1) is 0 Å². The number of nitrogens with zero attached hydrogens (tertiary/aromatic N) is 1. The highest BCUT2D eigenvalue weighted by Gasteiger charge is 2.10. The van der Waals surface area contributed by atoms with Crippen molar-refractivity contribution in [2.45, 2.75) is 32.7 Å². The molecule has 1 rings (SSSR count). The molecule has 0 aliphatic rings. The third-order valence-electron chi connectivity index (χ3n) is 3.03. The van der Waals surface area contributed by atoms with E-state index in [0.717, 1.165) is 18.8 Å². The maximum absolute atomic E-state index is 10.5. The summed E-state index contributed by atoms with van der Waals surface area (Å²) in [5.74, 6) is 0.0507. The van der Waals surface area contributed by atoms with Gasteiger partial charge in [0.2, 0.25) is 0 Å². The van der Waals surface area contributed by atoms with Gasteiger partial charge < -0.3 is 9.84 Å². The van der Waals surface area contributed by atoms with Crippen LogP contribution in [0.2, 0.25) is 5.02 Å². The van der Waals surface area contributed by atoms with E-state index in [1.165, 1.54) is 0 Å². The molecule has 0 unspecified atom stereocenters. The number of aliphatic carboxylic acids is 1. The Kier molecular flexibility index (Phi) is 7.41. The summed E-state index contributed by atoms with van der Waals surface area (Å²) in [4.78, 5) is 12.7. The normalized spacial score (nSPS) is 11.1. The fourth-order valence-electron chi connectivity index (χ4n) is 1.87. The standard InChI is InChI=1S/C15H22ClNO3/c1-12(2)17(9-3-4-15(18)19)10-11-20-14-7-5-13(16)6-8-14/h5-8,12H,3-4,9-11H2,1-2H3,(H,18,19). The van der Waals surface area contributed by atoms with Crippen LogP contribution in [0.3, 0.4) is 0 Å². The highest BCUT2D eigenvalue weighted by Crippen LogP contribution is 2.15. The average Bonchev–Trinajstić information content (AvgIpc) is 2.38. The fourth-order valence-corrected chi connectivity index (χ4v) is 2.00. The van der Waals surface area contributed by atoms with E-state index >= 15 is 0 Å². The van der Waals surface area contributed by atoms with E-state index in [9.17, 15) is 4.79 Å². The number of rotatable bonds is 9. The Morgan fingerprint density at radius 2 is 1.95 bits per heavy atom. The summed E-state index contributed by atoms with van der Waals surface area (Å²) in [5.41, 5.74) is 0. The lowest BCUT2D eigenvalue weighted by Gasteiger charge is -2.26. The van der Waals surface area contributed by atoms with Gasteiger partial charge in [0.25, 0.3) is 0 Å². The first kappa shape index (κ1) is 16.8. The summed E-state index contributed by atoms with van der Waals surface area (Å²) in [6.45, 7) is 6.33. The molecule has 0 amide bonds. The van der Waals surface area contributed by atoms with Crippen LogP contribution in [0, 0.1) is 0 Å². The predicted molar refractivity (Wildman–Crippen MR) is 80.5 cm³/mol. The van der Waals surface area contributed by atoms with Crippen molar-refractivity contribution in [1.82, 2.24) is 4.90 Å². The van der Waals surface area contributed by atoms with Gasteiger partial charge in [-0.25, -0.2) is 0 Å². The molecule has 1 aromatic rings. The summed E-state index contributed by atoms with van der Waals surface area (Å²) >= 11 is 5.81. The number of benzene rings is 1. The maximum atomic E-state index is 10.5. The molecule has 112 valence electrons. The molecule has 5 heteroatoms. The van der Waals surface area contributed by atoms with Crippen LogP contribution in [0.4, 0.5) is 0 Å². The molecule has 0 aliphatic heterocycles. The van der Waals surface area contributed by atoms with E-state index in [0.29, 0.717) is 24.1 Å². The lowest BCUT2D eigenvalue weighted by molar-refractivity contribution is -0.137. The van der Waals surface area contributed by atoms with Gasteiger partial charge in [0, 0.05) is 24.0 Å². The summed E-state index contributed by atoms with van der Waals surface area (Å²) in [7, 11) is 0. The minimum Gasteiger partial charge on any atom is -0.492 e. The van der Waals surface area contributed by atoms with E-state index in [1.807, 2.05) is 12.1 Å². The van der Waals surface area contributed by atoms with Crippen molar-refractivity contribution in [3.05, 3.63) is 29.3 Å². The van der Waals surface area contributed by atoms with Crippen molar-refractivity contribution < 1.29 is 14.6 Å². The molecular formula is C15H22ClNO3. The van der Waals surface area contributed by atoms with Crippen LogP contribution in [-0.4, -0.2) is 41.7 Å². The Labute approximate surface area is 125 Å². The fraction of sp³-hybridized carbons (Fsp3) is 0.533. The van der Waals surface area contributed by atoms with Gasteiger partial charge in [0.15, 0.2) is 0 Å². The first-order valence-electron chi connectivity index (χ1n) is 6.83. The molecule has 0 heterocycles. The molecule has 0 aromatic heterocycles. The third kappa shape index (κ3) is 6.78. The molecule has 4 nitrogen and oxygen atoms in total. The van der Waals surface area contributed by atoms with E-state index in [-0.39, 0.29) is 6.42 Å². The Morgan fingerprint density at radius 3 is 2.50 bits per heavy atom. The van der Waals surface area contributed by atoms with Crippen LogP contribution >= 0.6 is 11.6 Å². The number of hydrogen-bond donors (Lipinski definition) is 1. The van der Waals surface area contributed by atoms with Crippen molar-refractivity contribution >= 4 is 17.6 Å². The number of carbonyl (C=O) groups is 1. The predicted octanol–water partition coefficient (Wildman–Crippen LogP) is 3.29. The first-order chi connectivity index (χ1) is 9.49. The van der Waals surface area contributed by atoms with Gasteiger partial charge in [-0.3, -0.25) is 9.69 Å². The molecule has 1 N–H and O–H groups in total. The van der Waals surface area contributed by atoms with Gasteiger partial charge in [-0.15, -0.1) is 0 Å². The van der Waals surface area contributed by atoms with Crippen LogP contribution in [0.1, 0.15) is 26.7 Å². The zero-order valence-electron chi connectivity index (χ0n) is 12.0. The van der Waals surface area contributed by atoms with Crippen molar-refractivity contribution in [2.24, 2.45) is 0 Å². The van der Waals surface area contributed by atoms with E-state index in [1.54, 1.807) is 12.1 Å². The molecule has 0 aliphatic carbocycles. The largest absolute Gasteiger partial charge is 0.492 e. The monoisotopic (exact) mass is 299 g/mol. The van der Waals surface area contributed by atoms with Crippen LogP contribution in [-0.2, 0) is 4.79 Å². The highest BCUT2D eigenvalue weighted by atomic mass is 35.5. The zero-order valence-corrected chi connectivity index (χ0v) is 12.8. The molecule has 0 atom stereocenters. The Bertz CT molecular complexity index is 406. The molecule has 0 radical (unpaired) electrons. The molecule has 0 spiro atoms. The number of halogens is 1. The van der Waals surface area contributed by atoms with Crippen LogP contribution < -0.4 is 4.74 Å². The second-order valence-electron chi connectivity index (χ2n) is 4.93. The van der Waals surface area contributed by atoms with Crippen molar-refractivity contribution in [3.63, 3.8) is 0 Å². The van der Waals surface area contributed by atoms with Gasteiger partial charge in [-0.05, 0) is 51.1 Å². The van der Waals surface area contributed by atoms with Crippen LogP contribution in [0.15, 0.2) is 24.3 Å². The van der Waals surface area contributed by atoms with Crippen molar-refractivity contribution in [3.8, 4) is 5.75 Å². The van der Waals surface area contributed by atoms with Gasteiger partial charge in [-0.2, -0.15) is 0 Å². The SMILES string of the molecule is CC(C)N(CCCC(=O)O)CCOc1ccc(Cl)cc1. The smallest absolute Gasteiger partial charge is 0.303 e. The highest BCUT2D eigenvalue weighted by molar-refractivity contribution is 6.30. The van der Waals surface area contributed by atoms with Gasteiger partial charge >= 0.3 is 5.97 Å². The minimum atomic E-state index is -0.744. The van der Waals surface area contributed by atoms with Gasteiger partial charge in [0.1, 0.15) is 12.4 Å². The quantitative estimate of drug-likeness (QED) is 0.760. The molecule has 0 fully saturated rings. The number of hydrogen-bond acceptors (Lipinski definition) is 3. The summed E-state index contributed by atoms with van der Waals surface area (Å²) < 4.78 is 5.65. The van der Waals surface area contributed by atoms with Crippen LogP contribution in [0.25, 0.3) is 0 Å². The third-order valence-corrected chi connectivity index (χ3v) is 3.28. The first-order valence-corrected chi connectivity index (χ1v) is 7.21. The molecule has 0 bridgehead atoms. The zero-order chi connectivity index (χ0) is 15.0. The lowest BCUT2D eigenvalue weighted by Crippen LogP contribution is -2.35. The topological polar surface area (TPSA) is 49.8 Å². The van der Waals surface area contributed by atoms with E-state index < -0.39 is 5.97 Å². The summed E-state index contributed by atoms with van der Waals surface area (Å²) in [5, 5.41) is 9.35. The van der Waals surface area contributed by atoms with Crippen LogP contribution in [0.5, 0.6) is 5.75 Å². The number of carboxylic acids is 1. The lowest BCUT2D eigenvalue weighted by atomic mass is 10.2. The van der Waals surface area contributed by atoms with Crippen molar-refractivity contribution in [2.75, 3.05) is 19.7 Å². The number of carboxylic acid groups (broad SMARTS) is 1. The Morgan fingerprint density at radius 1 is 1.30 bits per heavy atom. The molecule has 1 aromatic carbocycles. The Hall–Kier alpha value is -1.26. The summed E-state index contributed by atoms with van der Waals surface area (Å²) in [6.07, 6.45) is 0.871. The second-order valence-corrected chi connectivity index (χ2v) is 5.37. The molecule has 0 saturated carbocycles. The summed E-state index contributed by atoms with van der Waals surface area (Å²) in [6, 6.07) is 7.64. The number of ether oxygens (including phenoxy) is 1. The molecule has 20 heavy (non-hydrogen) atoms. The molecular weight excluding hydrogens is 278 g/mol. The van der Waals surface area contributed by atoms with Crippen molar-refractivity contribution in [1.29, 1.82) is 0 Å². The second kappa shape index (κ2) is 8.82. The van der Waals surface area contributed by atoms with E-state index in [2.05, 4.69) is 18.7 Å². The Balaban J connectivity index is 2.31. The maximum Gasteiger partial charge on any atom is 0.303 e. The molecule has 0 saturated heterocycles. The van der Waals surface area contributed by atoms with Gasteiger partial charge in [-0.1, -0.05) is 11.6 Å². The van der Waals surface area contributed by atoms with E-state index in [4.69, 9.17) is 21.4 Å². The minimum absolute atomic E-state index is 0.210. The average molecular weight is 300 g/mol.